The number of nitrogens with zero attached hydrogens (tertiary/aromatic N) is 1. The lowest BCUT2D eigenvalue weighted by Gasteiger charge is -2.31. The minimum atomic E-state index is -0.441. The fourth-order valence-corrected chi connectivity index (χ4v) is 3.48. The zero-order valence-corrected chi connectivity index (χ0v) is 10.8. The van der Waals surface area contributed by atoms with Gasteiger partial charge in [-0.25, -0.2) is 4.39 Å². The Kier molecular flexibility index (Phi) is 3.02. The summed E-state index contributed by atoms with van der Waals surface area (Å²) in [6.45, 7) is 2.07. The van der Waals surface area contributed by atoms with Crippen molar-refractivity contribution < 1.29 is 4.39 Å². The molecule has 0 unspecified atom stereocenters. The van der Waals surface area contributed by atoms with E-state index in [1.165, 1.54) is 12.8 Å². The van der Waals surface area contributed by atoms with E-state index in [1.54, 1.807) is 6.07 Å². The maximum Gasteiger partial charge on any atom is 0.130 e. The molecule has 1 aromatic rings. The van der Waals surface area contributed by atoms with E-state index < -0.39 is 5.54 Å². The van der Waals surface area contributed by atoms with Crippen molar-refractivity contribution in [1.29, 1.82) is 0 Å². The van der Waals surface area contributed by atoms with Crippen molar-refractivity contribution >= 4 is 5.69 Å². The maximum atomic E-state index is 14.3. The Balaban J connectivity index is 2.05. The van der Waals surface area contributed by atoms with Crippen LogP contribution < -0.4 is 10.6 Å². The van der Waals surface area contributed by atoms with Gasteiger partial charge in [-0.15, -0.1) is 0 Å². The summed E-state index contributed by atoms with van der Waals surface area (Å²) in [7, 11) is 0. The van der Waals surface area contributed by atoms with Gasteiger partial charge < -0.3 is 10.6 Å². The molecule has 1 aliphatic carbocycles. The third-order valence-corrected chi connectivity index (χ3v) is 4.43. The van der Waals surface area contributed by atoms with E-state index in [0.717, 1.165) is 50.0 Å². The van der Waals surface area contributed by atoms with Crippen LogP contribution in [-0.2, 0) is 5.54 Å². The summed E-state index contributed by atoms with van der Waals surface area (Å²) in [5.41, 5.74) is 7.85. The van der Waals surface area contributed by atoms with E-state index in [9.17, 15) is 4.39 Å². The Morgan fingerprint density at radius 1 is 1.06 bits per heavy atom. The van der Waals surface area contributed by atoms with Crippen LogP contribution in [0.15, 0.2) is 18.2 Å². The Labute approximate surface area is 108 Å². The number of anilines is 1. The highest BCUT2D eigenvalue weighted by molar-refractivity contribution is 5.58. The fraction of sp³-hybridized carbons (Fsp3) is 0.600. The molecule has 1 aliphatic heterocycles. The van der Waals surface area contributed by atoms with Gasteiger partial charge in [0, 0.05) is 29.9 Å². The van der Waals surface area contributed by atoms with Gasteiger partial charge in [-0.3, -0.25) is 0 Å². The van der Waals surface area contributed by atoms with Gasteiger partial charge in [-0.05, 0) is 37.8 Å². The van der Waals surface area contributed by atoms with Gasteiger partial charge in [0.05, 0.1) is 0 Å². The maximum absolute atomic E-state index is 14.3. The van der Waals surface area contributed by atoms with E-state index in [4.69, 9.17) is 5.73 Å². The number of benzene rings is 1. The third kappa shape index (κ3) is 1.91. The molecular formula is C15H21FN2. The normalized spacial score (nSPS) is 22.7. The number of hydrogen-bond donors (Lipinski definition) is 1. The van der Waals surface area contributed by atoms with Crippen LogP contribution in [-0.4, -0.2) is 13.1 Å². The fourth-order valence-electron chi connectivity index (χ4n) is 3.48. The molecule has 0 amide bonds. The van der Waals surface area contributed by atoms with Crippen molar-refractivity contribution in [2.75, 3.05) is 18.0 Å². The van der Waals surface area contributed by atoms with Crippen molar-refractivity contribution in [3.05, 3.63) is 29.6 Å². The van der Waals surface area contributed by atoms with Gasteiger partial charge in [0.1, 0.15) is 5.82 Å². The first-order chi connectivity index (χ1) is 8.71. The SMILES string of the molecule is NC1(c2c(F)cccc2N2CCCC2)CCCC1. The van der Waals surface area contributed by atoms with E-state index in [0.29, 0.717) is 0 Å². The molecule has 3 rings (SSSR count). The first-order valence-electron chi connectivity index (χ1n) is 7.03. The number of nitrogens with two attached hydrogens (primary N) is 1. The molecule has 2 nitrogen and oxygen atoms in total. The number of halogens is 1. The van der Waals surface area contributed by atoms with Crippen LogP contribution >= 0.6 is 0 Å². The molecule has 1 saturated heterocycles. The third-order valence-electron chi connectivity index (χ3n) is 4.43. The Bertz CT molecular complexity index is 432. The van der Waals surface area contributed by atoms with E-state index in [2.05, 4.69) is 4.90 Å². The second-order valence-corrected chi connectivity index (χ2v) is 5.69. The highest BCUT2D eigenvalue weighted by atomic mass is 19.1. The topological polar surface area (TPSA) is 29.3 Å². The smallest absolute Gasteiger partial charge is 0.130 e. The van der Waals surface area contributed by atoms with E-state index in [-0.39, 0.29) is 5.82 Å². The molecule has 0 atom stereocenters. The van der Waals surface area contributed by atoms with Crippen LogP contribution in [0.5, 0.6) is 0 Å². The number of hydrogen-bond acceptors (Lipinski definition) is 2. The number of rotatable bonds is 2. The van der Waals surface area contributed by atoms with Gasteiger partial charge in [-0.2, -0.15) is 0 Å². The minimum Gasteiger partial charge on any atom is -0.371 e. The van der Waals surface area contributed by atoms with E-state index >= 15 is 0 Å². The highest BCUT2D eigenvalue weighted by Crippen LogP contribution is 2.42. The molecule has 2 aliphatic rings. The molecule has 3 heteroatoms. The molecule has 0 radical (unpaired) electrons. The molecule has 2 fully saturated rings. The molecule has 1 heterocycles. The molecule has 18 heavy (non-hydrogen) atoms. The predicted molar refractivity (Wildman–Crippen MR) is 72.2 cm³/mol. The van der Waals surface area contributed by atoms with Crippen molar-refractivity contribution in [3.63, 3.8) is 0 Å². The molecule has 0 bridgehead atoms. The average Bonchev–Trinajstić information content (AvgIpc) is 3.00. The molecule has 98 valence electrons. The van der Waals surface area contributed by atoms with Crippen LogP contribution in [0.1, 0.15) is 44.1 Å². The van der Waals surface area contributed by atoms with Crippen LogP contribution in [0.25, 0.3) is 0 Å². The monoisotopic (exact) mass is 248 g/mol. The van der Waals surface area contributed by atoms with Crippen LogP contribution in [0.2, 0.25) is 0 Å². The second kappa shape index (κ2) is 4.54. The lowest BCUT2D eigenvalue weighted by molar-refractivity contribution is 0.433. The molecular weight excluding hydrogens is 227 g/mol. The molecule has 1 saturated carbocycles. The lowest BCUT2D eigenvalue weighted by Crippen LogP contribution is -2.36. The Morgan fingerprint density at radius 3 is 2.39 bits per heavy atom. The predicted octanol–water partition coefficient (Wildman–Crippen LogP) is 3.15. The summed E-state index contributed by atoms with van der Waals surface area (Å²) in [5.74, 6) is -0.121. The quantitative estimate of drug-likeness (QED) is 0.871. The minimum absolute atomic E-state index is 0.121. The van der Waals surface area contributed by atoms with Gasteiger partial charge in [0.25, 0.3) is 0 Å². The molecule has 2 N–H and O–H groups in total. The summed E-state index contributed by atoms with van der Waals surface area (Å²) in [6, 6.07) is 5.41. The Morgan fingerprint density at radius 2 is 1.72 bits per heavy atom. The van der Waals surface area contributed by atoms with Crippen LogP contribution in [0.3, 0.4) is 0 Å². The van der Waals surface area contributed by atoms with Crippen molar-refractivity contribution in [2.45, 2.75) is 44.1 Å². The van der Waals surface area contributed by atoms with Gasteiger partial charge in [0.2, 0.25) is 0 Å². The zero-order chi connectivity index (χ0) is 12.6. The second-order valence-electron chi connectivity index (χ2n) is 5.69. The summed E-state index contributed by atoms with van der Waals surface area (Å²) in [5, 5.41) is 0. The summed E-state index contributed by atoms with van der Waals surface area (Å²) >= 11 is 0. The van der Waals surface area contributed by atoms with Crippen molar-refractivity contribution in [1.82, 2.24) is 0 Å². The summed E-state index contributed by atoms with van der Waals surface area (Å²) < 4.78 is 14.3. The summed E-state index contributed by atoms with van der Waals surface area (Å²) in [4.78, 5) is 2.30. The van der Waals surface area contributed by atoms with Crippen molar-refractivity contribution in [3.8, 4) is 0 Å². The Hall–Kier alpha value is -1.09. The lowest BCUT2D eigenvalue weighted by atomic mass is 9.87. The largest absolute Gasteiger partial charge is 0.371 e. The molecule has 0 aromatic heterocycles. The summed E-state index contributed by atoms with van der Waals surface area (Å²) in [6.07, 6.45) is 6.46. The highest BCUT2D eigenvalue weighted by Gasteiger charge is 2.36. The van der Waals surface area contributed by atoms with Crippen molar-refractivity contribution in [2.24, 2.45) is 5.73 Å². The first kappa shape index (κ1) is 12.0. The molecule has 1 aromatic carbocycles. The van der Waals surface area contributed by atoms with E-state index in [1.807, 2.05) is 12.1 Å². The molecule has 0 spiro atoms. The van der Waals surface area contributed by atoms with Gasteiger partial charge in [-0.1, -0.05) is 18.9 Å². The van der Waals surface area contributed by atoms with Gasteiger partial charge in [0.15, 0.2) is 0 Å². The standard InChI is InChI=1S/C15H21FN2/c16-12-6-5-7-13(18-10-3-4-11-18)14(12)15(17)8-1-2-9-15/h5-7H,1-4,8-11,17H2. The first-order valence-corrected chi connectivity index (χ1v) is 7.03. The van der Waals surface area contributed by atoms with Gasteiger partial charge >= 0.3 is 0 Å². The average molecular weight is 248 g/mol. The zero-order valence-electron chi connectivity index (χ0n) is 10.8. The van der Waals surface area contributed by atoms with Crippen LogP contribution in [0, 0.1) is 5.82 Å². The van der Waals surface area contributed by atoms with Crippen LogP contribution in [0.4, 0.5) is 10.1 Å².